The Labute approximate surface area is 168 Å². The highest BCUT2D eigenvalue weighted by molar-refractivity contribution is 8.26. The van der Waals surface area contributed by atoms with Gasteiger partial charge in [-0.15, -0.1) is 0 Å². The summed E-state index contributed by atoms with van der Waals surface area (Å²) in [5.41, 5.74) is 0.685. The molecule has 1 aromatic carbocycles. The Morgan fingerprint density at radius 3 is 2.77 bits per heavy atom. The number of furan rings is 1. The van der Waals surface area contributed by atoms with Crippen LogP contribution in [0.3, 0.4) is 0 Å². The van der Waals surface area contributed by atoms with Crippen molar-refractivity contribution in [2.24, 2.45) is 0 Å². The Bertz CT molecular complexity index is 939. The van der Waals surface area contributed by atoms with Gasteiger partial charge in [0.05, 0.1) is 16.3 Å². The summed E-state index contributed by atoms with van der Waals surface area (Å²) in [7, 11) is 0. The van der Waals surface area contributed by atoms with Crippen LogP contribution < -0.4 is 0 Å². The van der Waals surface area contributed by atoms with Gasteiger partial charge in [-0.25, -0.2) is 0 Å². The number of benzene rings is 1. The quantitative estimate of drug-likeness (QED) is 0.538. The van der Waals surface area contributed by atoms with Crippen molar-refractivity contribution < 1.29 is 19.1 Å². The minimum absolute atomic E-state index is 0.0428. The lowest BCUT2D eigenvalue weighted by Gasteiger charge is -2.12. The van der Waals surface area contributed by atoms with Crippen molar-refractivity contribution in [3.05, 3.63) is 51.0 Å². The molecule has 0 radical (unpaired) electrons. The second-order valence-corrected chi connectivity index (χ2v) is 7.82. The maximum Gasteiger partial charge on any atom is 0.305 e. The lowest BCUT2D eigenvalue weighted by Crippen LogP contribution is -2.30. The number of hydrogen-bond donors (Lipinski definition) is 1. The highest BCUT2D eigenvalue weighted by Gasteiger charge is 2.32. The molecule has 2 aromatic rings. The molecule has 0 saturated carbocycles. The number of thiocarbonyl (C=S) groups is 1. The number of halogens is 2. The third-order valence-electron chi connectivity index (χ3n) is 3.52. The monoisotopic (exact) mass is 427 g/mol. The molecule has 1 N–H and O–H groups in total. The first-order valence-electron chi connectivity index (χ1n) is 7.37. The third kappa shape index (κ3) is 4.12. The fourth-order valence-corrected chi connectivity index (χ4v) is 4.08. The Kier molecular flexibility index (Phi) is 5.72. The number of carbonyl (C=O) groups is 2. The second kappa shape index (κ2) is 7.84. The Hall–Kier alpha value is -1.80. The van der Waals surface area contributed by atoms with Crippen LogP contribution >= 0.6 is 47.2 Å². The fraction of sp³-hybridized carbons (Fsp3) is 0.118. The molecule has 0 aliphatic carbocycles. The summed E-state index contributed by atoms with van der Waals surface area (Å²) < 4.78 is 6.07. The number of carboxylic acid groups (broad SMARTS) is 1. The molecule has 1 amide bonds. The van der Waals surface area contributed by atoms with Crippen LogP contribution in [-0.2, 0) is 9.59 Å². The van der Waals surface area contributed by atoms with E-state index in [9.17, 15) is 9.59 Å². The zero-order valence-corrected chi connectivity index (χ0v) is 16.2. The topological polar surface area (TPSA) is 70.8 Å². The lowest BCUT2D eigenvalue weighted by atomic mass is 10.2. The molecule has 0 spiro atoms. The van der Waals surface area contributed by atoms with E-state index in [1.807, 2.05) is 0 Å². The van der Waals surface area contributed by atoms with E-state index in [0.717, 1.165) is 11.8 Å². The number of aliphatic carboxylic acids is 1. The minimum Gasteiger partial charge on any atom is -0.481 e. The normalized spacial score (nSPS) is 15.9. The van der Waals surface area contributed by atoms with Gasteiger partial charge in [0.1, 0.15) is 15.8 Å². The van der Waals surface area contributed by atoms with Crippen molar-refractivity contribution in [1.29, 1.82) is 0 Å². The van der Waals surface area contributed by atoms with Crippen molar-refractivity contribution in [2.45, 2.75) is 6.42 Å². The van der Waals surface area contributed by atoms with Crippen molar-refractivity contribution in [2.75, 3.05) is 6.54 Å². The van der Waals surface area contributed by atoms with E-state index in [1.54, 1.807) is 36.4 Å². The average Bonchev–Trinajstić information content (AvgIpc) is 3.11. The molecule has 0 bridgehead atoms. The van der Waals surface area contributed by atoms with E-state index < -0.39 is 5.97 Å². The first-order valence-corrected chi connectivity index (χ1v) is 9.35. The van der Waals surface area contributed by atoms with Crippen LogP contribution in [0.2, 0.25) is 10.0 Å². The van der Waals surface area contributed by atoms with E-state index in [4.69, 9.17) is 44.9 Å². The molecular formula is C17H11Cl2NO4S2. The standard InChI is InChI=1S/C17H11Cl2NO4S2/c18-9-1-3-11(12(19)7-9)13-4-2-10(24-13)8-14-16(23)20(17(25)26-14)6-5-15(21)22/h1-4,7-8H,5-6H2,(H,21,22)/b14-8+. The highest BCUT2D eigenvalue weighted by Crippen LogP contribution is 2.35. The van der Waals surface area contributed by atoms with Gasteiger partial charge in [-0.05, 0) is 30.3 Å². The molecule has 0 unspecified atom stereocenters. The Morgan fingerprint density at radius 2 is 2.08 bits per heavy atom. The molecule has 1 aliphatic heterocycles. The zero-order valence-electron chi connectivity index (χ0n) is 13.1. The predicted octanol–water partition coefficient (Wildman–Crippen LogP) is 4.93. The highest BCUT2D eigenvalue weighted by atomic mass is 35.5. The molecule has 0 atom stereocenters. The fourth-order valence-electron chi connectivity index (χ4n) is 2.29. The zero-order chi connectivity index (χ0) is 18.8. The van der Waals surface area contributed by atoms with E-state index in [-0.39, 0.29) is 18.9 Å². The van der Waals surface area contributed by atoms with Crippen molar-refractivity contribution in [3.8, 4) is 11.3 Å². The van der Waals surface area contributed by atoms with Crippen LogP contribution in [0.5, 0.6) is 0 Å². The van der Waals surface area contributed by atoms with E-state index in [2.05, 4.69) is 0 Å². The van der Waals surface area contributed by atoms with Gasteiger partial charge in [0, 0.05) is 23.2 Å². The van der Waals surface area contributed by atoms with Gasteiger partial charge in [-0.3, -0.25) is 14.5 Å². The van der Waals surface area contributed by atoms with Crippen molar-refractivity contribution in [3.63, 3.8) is 0 Å². The van der Waals surface area contributed by atoms with Crippen molar-refractivity contribution >= 4 is 69.5 Å². The summed E-state index contributed by atoms with van der Waals surface area (Å²) in [4.78, 5) is 24.7. The van der Waals surface area contributed by atoms with Crippen LogP contribution in [-0.4, -0.2) is 32.7 Å². The molecule has 1 aromatic heterocycles. The SMILES string of the molecule is O=C(O)CCN1C(=O)/C(=C\c2ccc(-c3ccc(Cl)cc3Cl)o2)SC1=S. The van der Waals surface area contributed by atoms with Crippen LogP contribution in [0.15, 0.2) is 39.7 Å². The average molecular weight is 428 g/mol. The number of amides is 1. The third-order valence-corrected chi connectivity index (χ3v) is 5.45. The van der Waals surface area contributed by atoms with Crippen LogP contribution in [0.1, 0.15) is 12.2 Å². The van der Waals surface area contributed by atoms with Gasteiger partial charge in [-0.2, -0.15) is 0 Å². The first kappa shape index (κ1) is 19.0. The van der Waals surface area contributed by atoms with Gasteiger partial charge in [0.15, 0.2) is 0 Å². The summed E-state index contributed by atoms with van der Waals surface area (Å²) >= 11 is 18.3. The van der Waals surface area contributed by atoms with Crippen LogP contribution in [0, 0.1) is 0 Å². The maximum atomic E-state index is 12.4. The molecule has 2 heterocycles. The molecule has 3 rings (SSSR count). The molecule has 1 saturated heterocycles. The smallest absolute Gasteiger partial charge is 0.305 e. The molecule has 5 nitrogen and oxygen atoms in total. The Balaban J connectivity index is 1.81. The summed E-state index contributed by atoms with van der Waals surface area (Å²) in [6.07, 6.45) is 1.41. The summed E-state index contributed by atoms with van der Waals surface area (Å²) in [5.74, 6) is -0.314. The maximum absolute atomic E-state index is 12.4. The molecule has 1 aliphatic rings. The minimum atomic E-state index is -0.987. The van der Waals surface area contributed by atoms with Gasteiger partial charge in [0.2, 0.25) is 0 Å². The largest absolute Gasteiger partial charge is 0.481 e. The van der Waals surface area contributed by atoms with E-state index >= 15 is 0 Å². The lowest BCUT2D eigenvalue weighted by molar-refractivity contribution is -0.137. The summed E-state index contributed by atoms with van der Waals surface area (Å²) in [6.45, 7) is 0.0428. The van der Waals surface area contributed by atoms with Gasteiger partial charge >= 0.3 is 5.97 Å². The summed E-state index contributed by atoms with van der Waals surface area (Å²) in [5, 5.41) is 9.74. The van der Waals surface area contributed by atoms with Crippen molar-refractivity contribution in [1.82, 2.24) is 4.90 Å². The molecule has 26 heavy (non-hydrogen) atoms. The number of thioether (sulfide) groups is 1. The number of carbonyl (C=O) groups excluding carboxylic acids is 1. The van der Waals surface area contributed by atoms with E-state index in [1.165, 1.54) is 4.90 Å². The predicted molar refractivity (Wildman–Crippen MR) is 106 cm³/mol. The second-order valence-electron chi connectivity index (χ2n) is 5.30. The molecule has 9 heteroatoms. The summed E-state index contributed by atoms with van der Waals surface area (Å²) in [6, 6.07) is 8.53. The van der Waals surface area contributed by atoms with Gasteiger partial charge in [-0.1, -0.05) is 47.2 Å². The van der Waals surface area contributed by atoms with Gasteiger partial charge in [0.25, 0.3) is 5.91 Å². The number of rotatable bonds is 5. The number of nitrogens with zero attached hydrogens (tertiary/aromatic N) is 1. The molecular weight excluding hydrogens is 417 g/mol. The number of carboxylic acids is 1. The van der Waals surface area contributed by atoms with Crippen LogP contribution in [0.25, 0.3) is 17.4 Å². The Morgan fingerprint density at radius 1 is 1.31 bits per heavy atom. The molecule has 1 fully saturated rings. The van der Waals surface area contributed by atoms with Crippen LogP contribution in [0.4, 0.5) is 0 Å². The van der Waals surface area contributed by atoms with Gasteiger partial charge < -0.3 is 9.52 Å². The number of hydrogen-bond acceptors (Lipinski definition) is 5. The molecule has 134 valence electrons. The van der Waals surface area contributed by atoms with E-state index in [0.29, 0.717) is 36.4 Å². The first-order chi connectivity index (χ1) is 12.3.